The second-order valence-corrected chi connectivity index (χ2v) is 8.73. The average Bonchev–Trinajstić information content (AvgIpc) is 3.23. The largest absolute Gasteiger partial charge is 0.325 e. The van der Waals surface area contributed by atoms with Gasteiger partial charge in [0.25, 0.3) is 11.6 Å². The summed E-state index contributed by atoms with van der Waals surface area (Å²) in [6.45, 7) is 6.15. The SMILES string of the molecule is Cc1ccc(-n2c(C)cc(C(=O)CN3C(=O)N[C@](C)(c4ccc([N+](=O)[O-])cc4)C3=O)c2C)cc1F. The highest BCUT2D eigenvalue weighted by Gasteiger charge is 2.49. The Bertz CT molecular complexity index is 1400. The zero-order valence-electron chi connectivity index (χ0n) is 19.6. The molecule has 0 aliphatic carbocycles. The first-order valence-corrected chi connectivity index (χ1v) is 10.8. The molecule has 0 saturated carbocycles. The van der Waals surface area contributed by atoms with Crippen molar-refractivity contribution in [2.24, 2.45) is 0 Å². The highest BCUT2D eigenvalue weighted by Crippen LogP contribution is 2.31. The molecular formula is C25H23FN4O5. The number of hydrogen-bond acceptors (Lipinski definition) is 5. The van der Waals surface area contributed by atoms with Crippen LogP contribution in [0, 0.1) is 36.7 Å². The highest BCUT2D eigenvalue weighted by atomic mass is 19.1. The summed E-state index contributed by atoms with van der Waals surface area (Å²) >= 11 is 0. The monoisotopic (exact) mass is 478 g/mol. The molecule has 2 heterocycles. The van der Waals surface area contributed by atoms with Crippen molar-refractivity contribution in [2.45, 2.75) is 33.2 Å². The maximum Gasteiger partial charge on any atom is 0.325 e. The Labute approximate surface area is 200 Å². The maximum absolute atomic E-state index is 14.1. The zero-order chi connectivity index (χ0) is 25.7. The number of urea groups is 1. The van der Waals surface area contributed by atoms with Crippen LogP contribution in [0.15, 0.2) is 48.5 Å². The number of amides is 3. The number of hydrogen-bond donors (Lipinski definition) is 1. The van der Waals surface area contributed by atoms with Crippen molar-refractivity contribution in [1.29, 1.82) is 0 Å². The molecule has 3 aromatic rings. The minimum absolute atomic E-state index is 0.148. The standard InChI is InChI=1S/C25H23FN4O5/c1-14-5-8-19(12-21(14)26)29-15(2)11-20(16(29)3)22(31)13-28-23(32)25(4,27-24(28)33)17-6-9-18(10-7-17)30(34)35/h5-12H,13H2,1-4H3,(H,27,33)/t25-/m1/s1. The van der Waals surface area contributed by atoms with Gasteiger partial charge in [0, 0.05) is 34.8 Å². The molecule has 3 amide bonds. The van der Waals surface area contributed by atoms with E-state index < -0.39 is 34.7 Å². The molecule has 0 radical (unpaired) electrons. The van der Waals surface area contributed by atoms with Gasteiger partial charge in [-0.15, -0.1) is 0 Å². The van der Waals surface area contributed by atoms with E-state index in [0.29, 0.717) is 33.8 Å². The van der Waals surface area contributed by atoms with Crippen LogP contribution in [0.1, 0.15) is 39.8 Å². The lowest BCUT2D eigenvalue weighted by molar-refractivity contribution is -0.384. The maximum atomic E-state index is 14.1. The van der Waals surface area contributed by atoms with E-state index in [-0.39, 0.29) is 11.5 Å². The van der Waals surface area contributed by atoms with Gasteiger partial charge in [-0.2, -0.15) is 0 Å². The Morgan fingerprint density at radius 2 is 1.74 bits per heavy atom. The summed E-state index contributed by atoms with van der Waals surface area (Å²) < 4.78 is 15.9. The van der Waals surface area contributed by atoms with Crippen LogP contribution in [0.2, 0.25) is 0 Å². The summed E-state index contributed by atoms with van der Waals surface area (Å²) in [6, 6.07) is 11.0. The van der Waals surface area contributed by atoms with Gasteiger partial charge in [0.1, 0.15) is 11.4 Å². The molecule has 1 aliphatic heterocycles. The summed E-state index contributed by atoms with van der Waals surface area (Å²) in [5, 5.41) is 13.5. The van der Waals surface area contributed by atoms with Crippen molar-refractivity contribution in [2.75, 3.05) is 6.54 Å². The molecule has 10 heteroatoms. The first-order chi connectivity index (χ1) is 16.4. The van der Waals surface area contributed by atoms with E-state index in [9.17, 15) is 28.9 Å². The number of nitrogens with zero attached hydrogens (tertiary/aromatic N) is 3. The summed E-state index contributed by atoms with van der Waals surface area (Å²) in [5.74, 6) is -1.46. The summed E-state index contributed by atoms with van der Waals surface area (Å²) in [6.07, 6.45) is 0. The van der Waals surface area contributed by atoms with Crippen LogP contribution < -0.4 is 5.32 Å². The molecule has 180 valence electrons. The first-order valence-electron chi connectivity index (χ1n) is 10.8. The van der Waals surface area contributed by atoms with E-state index in [4.69, 9.17) is 0 Å². The van der Waals surface area contributed by atoms with Crippen molar-refractivity contribution >= 4 is 23.4 Å². The van der Waals surface area contributed by atoms with Crippen molar-refractivity contribution in [3.63, 3.8) is 0 Å². The Morgan fingerprint density at radius 1 is 1.09 bits per heavy atom. The summed E-state index contributed by atoms with van der Waals surface area (Å²) in [7, 11) is 0. The minimum Gasteiger partial charge on any atom is -0.319 e. The fourth-order valence-electron chi connectivity index (χ4n) is 4.34. The first kappa shape index (κ1) is 23.8. The highest BCUT2D eigenvalue weighted by molar-refractivity contribution is 6.11. The molecule has 1 aliphatic rings. The molecule has 9 nitrogen and oxygen atoms in total. The summed E-state index contributed by atoms with van der Waals surface area (Å²) in [4.78, 5) is 50.2. The topological polar surface area (TPSA) is 115 Å². The van der Waals surface area contributed by atoms with E-state index in [2.05, 4.69) is 5.32 Å². The Morgan fingerprint density at radius 3 is 2.34 bits per heavy atom. The number of imide groups is 1. The van der Waals surface area contributed by atoms with Crippen molar-refractivity contribution in [3.8, 4) is 5.69 Å². The van der Waals surface area contributed by atoms with Crippen LogP contribution >= 0.6 is 0 Å². The van der Waals surface area contributed by atoms with Crippen LogP contribution in [0.25, 0.3) is 5.69 Å². The number of benzene rings is 2. The van der Waals surface area contributed by atoms with Gasteiger partial charge in [0.2, 0.25) is 0 Å². The number of rotatable bonds is 6. The lowest BCUT2D eigenvalue weighted by atomic mass is 9.92. The third-order valence-corrected chi connectivity index (χ3v) is 6.38. The number of non-ortho nitro benzene ring substituents is 1. The normalized spacial score (nSPS) is 17.6. The number of nitro benzene ring substituents is 1. The van der Waals surface area contributed by atoms with Crippen LogP contribution in [0.4, 0.5) is 14.9 Å². The second-order valence-electron chi connectivity index (χ2n) is 8.73. The zero-order valence-corrected chi connectivity index (χ0v) is 19.6. The Kier molecular flexibility index (Phi) is 5.75. The molecule has 1 N–H and O–H groups in total. The smallest absolute Gasteiger partial charge is 0.319 e. The molecule has 0 bridgehead atoms. The molecule has 1 saturated heterocycles. The lowest BCUT2D eigenvalue weighted by Gasteiger charge is -2.22. The number of Topliss-reactive ketones (excluding diaryl/α,β-unsaturated/α-hetero) is 1. The molecular weight excluding hydrogens is 455 g/mol. The number of carbonyl (C=O) groups excluding carboxylic acids is 3. The third-order valence-electron chi connectivity index (χ3n) is 6.38. The number of carbonyl (C=O) groups is 3. The van der Waals surface area contributed by atoms with Crippen molar-refractivity contribution < 1.29 is 23.7 Å². The van der Waals surface area contributed by atoms with Gasteiger partial charge in [-0.3, -0.25) is 24.6 Å². The van der Waals surface area contributed by atoms with Crippen molar-refractivity contribution in [1.82, 2.24) is 14.8 Å². The van der Waals surface area contributed by atoms with Crippen LogP contribution in [0.3, 0.4) is 0 Å². The van der Waals surface area contributed by atoms with Gasteiger partial charge in [-0.05, 0) is 69.2 Å². The van der Waals surface area contributed by atoms with E-state index in [1.165, 1.54) is 37.3 Å². The number of halogens is 1. The number of aromatic nitrogens is 1. The van der Waals surface area contributed by atoms with E-state index in [0.717, 1.165) is 4.90 Å². The molecule has 1 atom stereocenters. The van der Waals surface area contributed by atoms with Gasteiger partial charge < -0.3 is 9.88 Å². The van der Waals surface area contributed by atoms with Gasteiger partial charge in [0.15, 0.2) is 5.78 Å². The number of ketones is 1. The molecule has 4 rings (SSSR count). The number of aryl methyl sites for hydroxylation is 2. The molecule has 1 fully saturated rings. The fourth-order valence-corrected chi connectivity index (χ4v) is 4.34. The van der Waals surface area contributed by atoms with E-state index in [1.54, 1.807) is 43.5 Å². The van der Waals surface area contributed by atoms with Gasteiger partial charge in [0.05, 0.1) is 11.5 Å². The third kappa shape index (κ3) is 3.96. The Balaban J connectivity index is 1.59. The predicted molar refractivity (Wildman–Crippen MR) is 125 cm³/mol. The molecule has 0 unspecified atom stereocenters. The molecule has 2 aromatic carbocycles. The van der Waals surface area contributed by atoms with Crippen molar-refractivity contribution in [3.05, 3.63) is 92.5 Å². The van der Waals surface area contributed by atoms with Gasteiger partial charge in [-0.1, -0.05) is 6.07 Å². The number of nitrogens with one attached hydrogen (secondary N) is 1. The van der Waals surface area contributed by atoms with E-state index >= 15 is 0 Å². The quantitative estimate of drug-likeness (QED) is 0.248. The van der Waals surface area contributed by atoms with E-state index in [1.807, 2.05) is 0 Å². The predicted octanol–water partition coefficient (Wildman–Crippen LogP) is 4.10. The van der Waals surface area contributed by atoms with Crippen LogP contribution in [-0.2, 0) is 10.3 Å². The molecule has 0 spiro atoms. The summed E-state index contributed by atoms with van der Waals surface area (Å²) in [5.41, 5.74) is 1.37. The fraction of sp³-hybridized carbons (Fsp3) is 0.240. The van der Waals surface area contributed by atoms with Gasteiger partial charge in [-0.25, -0.2) is 9.18 Å². The Hall–Kier alpha value is -4.34. The van der Waals surface area contributed by atoms with Crippen LogP contribution in [0.5, 0.6) is 0 Å². The second kappa shape index (κ2) is 8.46. The molecule has 1 aromatic heterocycles. The number of nitro groups is 1. The van der Waals surface area contributed by atoms with Crippen LogP contribution in [-0.4, -0.2) is 38.7 Å². The van der Waals surface area contributed by atoms with Gasteiger partial charge >= 0.3 is 6.03 Å². The molecule has 35 heavy (non-hydrogen) atoms. The lowest BCUT2D eigenvalue weighted by Crippen LogP contribution is -2.41. The minimum atomic E-state index is -1.47. The average molecular weight is 478 g/mol.